The van der Waals surface area contributed by atoms with Crippen LogP contribution in [0.5, 0.6) is 0 Å². The monoisotopic (exact) mass is 537 g/mol. The third-order valence-corrected chi connectivity index (χ3v) is 10.3. The van der Waals surface area contributed by atoms with Crippen LogP contribution in [0.4, 0.5) is 17.6 Å². The predicted molar refractivity (Wildman–Crippen MR) is 127 cm³/mol. The van der Waals surface area contributed by atoms with E-state index in [1.165, 1.54) is 17.3 Å². The average molecular weight is 538 g/mol. The number of sulfonamides is 1. The number of benzene rings is 1. The number of alkyl halides is 2. The molecule has 0 aliphatic heterocycles. The number of fused-ring (bicyclic) bond motifs is 5. The van der Waals surface area contributed by atoms with E-state index in [-0.39, 0.29) is 40.9 Å². The first-order valence-electron chi connectivity index (χ1n) is 12.0. The summed E-state index contributed by atoms with van der Waals surface area (Å²) >= 11 is 0. The van der Waals surface area contributed by atoms with Gasteiger partial charge in [-0.3, -0.25) is 0 Å². The van der Waals surface area contributed by atoms with Gasteiger partial charge in [0.05, 0.1) is 28.8 Å². The van der Waals surface area contributed by atoms with Crippen LogP contribution in [-0.2, 0) is 15.4 Å². The van der Waals surface area contributed by atoms with Gasteiger partial charge in [-0.2, -0.15) is 28.4 Å². The Labute approximate surface area is 212 Å². The smallest absolute Gasteiger partial charge is 0.210 e. The van der Waals surface area contributed by atoms with Crippen LogP contribution in [0.25, 0.3) is 11.3 Å². The molecule has 12 heteroatoms. The van der Waals surface area contributed by atoms with Gasteiger partial charge in [-0.15, -0.1) is 0 Å². The molecule has 0 radical (unpaired) electrons. The lowest BCUT2D eigenvalue weighted by atomic mass is 9.68. The normalized spacial score (nSPS) is 22.3. The maximum Gasteiger partial charge on any atom is 0.333 e. The summed E-state index contributed by atoms with van der Waals surface area (Å²) in [4.78, 5) is -0.270. The van der Waals surface area contributed by atoms with Gasteiger partial charge in [0.15, 0.2) is 0 Å². The Hall–Kier alpha value is -2.86. The maximum atomic E-state index is 14.5. The number of hydrogen-bond acceptors (Lipinski definition) is 5. The van der Waals surface area contributed by atoms with Gasteiger partial charge >= 0.3 is 6.55 Å². The molecule has 2 aliphatic rings. The van der Waals surface area contributed by atoms with E-state index in [1.807, 2.05) is 13.8 Å². The van der Waals surface area contributed by atoms with Gasteiger partial charge < -0.3 is 0 Å². The fourth-order valence-corrected chi connectivity index (χ4v) is 7.93. The van der Waals surface area contributed by atoms with Crippen LogP contribution in [0.15, 0.2) is 35.4 Å². The first-order chi connectivity index (χ1) is 17.3. The summed E-state index contributed by atoms with van der Waals surface area (Å²) in [6, 6.07) is 5.26. The lowest BCUT2D eigenvalue weighted by Crippen LogP contribution is -2.48. The van der Waals surface area contributed by atoms with Crippen molar-refractivity contribution in [2.45, 2.75) is 63.3 Å². The fourth-order valence-electron chi connectivity index (χ4n) is 6.27. The van der Waals surface area contributed by atoms with E-state index in [9.17, 15) is 26.0 Å². The number of nitrogens with zero attached hydrogens (tertiary/aromatic N) is 5. The van der Waals surface area contributed by atoms with Gasteiger partial charge in [0, 0.05) is 18.5 Å². The molecule has 7 nitrogen and oxygen atoms in total. The summed E-state index contributed by atoms with van der Waals surface area (Å²) in [5.41, 5.74) is 0.0771. The second kappa shape index (κ2) is 8.59. The van der Waals surface area contributed by atoms with Crippen molar-refractivity contribution < 1.29 is 26.0 Å². The van der Waals surface area contributed by atoms with E-state index in [1.54, 1.807) is 13.0 Å². The minimum Gasteiger partial charge on any atom is -0.210 e. The lowest BCUT2D eigenvalue weighted by molar-refractivity contribution is 0.0561. The topological polar surface area (TPSA) is 81.0 Å². The summed E-state index contributed by atoms with van der Waals surface area (Å²) in [5.74, 6) is -1.50. The molecule has 1 saturated carbocycles. The molecule has 0 amide bonds. The van der Waals surface area contributed by atoms with Crippen molar-refractivity contribution >= 4 is 10.0 Å². The first-order valence-corrected chi connectivity index (χ1v) is 13.5. The van der Waals surface area contributed by atoms with Crippen LogP contribution in [0.2, 0.25) is 0 Å². The van der Waals surface area contributed by atoms with Crippen molar-refractivity contribution in [2.75, 3.05) is 13.1 Å². The van der Waals surface area contributed by atoms with Gasteiger partial charge in [0.25, 0.3) is 0 Å². The molecule has 0 saturated heterocycles. The van der Waals surface area contributed by atoms with E-state index >= 15 is 0 Å². The van der Waals surface area contributed by atoms with Crippen molar-refractivity contribution in [2.24, 2.45) is 5.41 Å². The number of likely N-dealkylation sites (N-methyl/N-ethyl adjacent to an activating group) is 1. The van der Waals surface area contributed by atoms with Crippen LogP contribution in [0.3, 0.4) is 0 Å². The highest BCUT2D eigenvalue weighted by atomic mass is 32.2. The molecule has 2 aromatic heterocycles. The van der Waals surface area contributed by atoms with Crippen molar-refractivity contribution in [1.82, 2.24) is 24.3 Å². The molecular formula is C25H27F4N5O2S. The van der Waals surface area contributed by atoms with Gasteiger partial charge in [-0.1, -0.05) is 26.8 Å². The highest BCUT2D eigenvalue weighted by Crippen LogP contribution is 2.67. The standard InChI is InChI=1S/C25H27F4N5O2S/c1-5-33(37(35,36)20-12-34(23(28)29)32-14(20)2)13-25-10-9-16(24(25,3)4)15-11-19(30-31-22(15)25)21-17(26)7-6-8-18(21)27/h6-8,11-12,16,23H,5,9-10,13H2,1-4H3/t16-,25-/m0/s1. The molecule has 1 fully saturated rings. The molecule has 2 heterocycles. The van der Waals surface area contributed by atoms with Crippen molar-refractivity contribution in [3.8, 4) is 11.3 Å². The zero-order chi connectivity index (χ0) is 26.9. The number of aromatic nitrogens is 4. The Morgan fingerprint density at radius 1 is 1.19 bits per heavy atom. The zero-order valence-corrected chi connectivity index (χ0v) is 21.7. The van der Waals surface area contributed by atoms with Gasteiger partial charge in [0.1, 0.15) is 16.5 Å². The number of aryl methyl sites for hydroxylation is 1. The Morgan fingerprint density at radius 2 is 1.86 bits per heavy atom. The molecule has 198 valence electrons. The minimum atomic E-state index is -4.16. The molecule has 2 aliphatic carbocycles. The molecule has 37 heavy (non-hydrogen) atoms. The number of halogens is 4. The molecule has 2 bridgehead atoms. The average Bonchev–Trinajstić information content (AvgIpc) is 3.41. The minimum absolute atomic E-state index is 0.0111. The van der Waals surface area contributed by atoms with E-state index in [0.29, 0.717) is 16.8 Å². The highest BCUT2D eigenvalue weighted by molar-refractivity contribution is 7.89. The molecule has 3 aromatic rings. The molecular weight excluding hydrogens is 510 g/mol. The zero-order valence-electron chi connectivity index (χ0n) is 20.8. The maximum absolute atomic E-state index is 14.5. The third-order valence-electron chi connectivity index (χ3n) is 8.32. The first kappa shape index (κ1) is 25.8. The SMILES string of the molecule is CCN(C[C@@]12CC[C@@H](c3cc(-c4c(F)cccc4F)nnc31)C2(C)C)S(=O)(=O)c1cn(C(F)F)nc1C. The molecule has 5 rings (SSSR count). The quantitative estimate of drug-likeness (QED) is 0.388. The largest absolute Gasteiger partial charge is 0.333 e. The summed E-state index contributed by atoms with van der Waals surface area (Å²) in [7, 11) is -4.16. The van der Waals surface area contributed by atoms with E-state index in [4.69, 9.17) is 0 Å². The van der Waals surface area contributed by atoms with E-state index in [2.05, 4.69) is 15.3 Å². The summed E-state index contributed by atoms with van der Waals surface area (Å²) in [6.45, 7) is 4.34. The third kappa shape index (κ3) is 3.63. The summed E-state index contributed by atoms with van der Waals surface area (Å²) < 4.78 is 84.2. The van der Waals surface area contributed by atoms with Gasteiger partial charge in [-0.25, -0.2) is 21.9 Å². The van der Waals surface area contributed by atoms with Crippen molar-refractivity contribution in [3.63, 3.8) is 0 Å². The van der Waals surface area contributed by atoms with Crippen LogP contribution >= 0.6 is 0 Å². The van der Waals surface area contributed by atoms with Crippen molar-refractivity contribution in [3.05, 3.63) is 59.0 Å². The van der Waals surface area contributed by atoms with Crippen LogP contribution in [-0.4, -0.2) is 45.8 Å². The molecule has 0 unspecified atom stereocenters. The van der Waals surface area contributed by atoms with Crippen molar-refractivity contribution in [1.29, 1.82) is 0 Å². The molecule has 2 atom stereocenters. The Kier molecular flexibility index (Phi) is 5.98. The number of rotatable bonds is 7. The van der Waals surface area contributed by atoms with E-state index in [0.717, 1.165) is 30.3 Å². The highest BCUT2D eigenvalue weighted by Gasteiger charge is 2.64. The molecule has 1 aromatic carbocycles. The van der Waals surface area contributed by atoms with Crippen LogP contribution in [0.1, 0.15) is 63.0 Å². The Morgan fingerprint density at radius 3 is 2.46 bits per heavy atom. The van der Waals surface area contributed by atoms with Gasteiger partial charge in [0.2, 0.25) is 10.0 Å². The number of hydrogen-bond donors (Lipinski definition) is 0. The second-order valence-electron chi connectivity index (χ2n) is 10.3. The summed E-state index contributed by atoms with van der Waals surface area (Å²) in [5, 5.41) is 12.3. The Balaban J connectivity index is 1.58. The lowest BCUT2D eigenvalue weighted by Gasteiger charge is -2.41. The van der Waals surface area contributed by atoms with Gasteiger partial charge in [-0.05, 0) is 54.9 Å². The van der Waals surface area contributed by atoms with Crippen LogP contribution in [0, 0.1) is 24.0 Å². The molecule has 0 spiro atoms. The molecule has 0 N–H and O–H groups in total. The fraction of sp³-hybridized carbons (Fsp3) is 0.480. The Bertz CT molecular complexity index is 1470. The second-order valence-corrected chi connectivity index (χ2v) is 12.2. The summed E-state index contributed by atoms with van der Waals surface area (Å²) in [6.07, 6.45) is 2.24. The van der Waals surface area contributed by atoms with Crippen LogP contribution < -0.4 is 0 Å². The van der Waals surface area contributed by atoms with E-state index < -0.39 is 39.0 Å². The predicted octanol–water partition coefficient (Wildman–Crippen LogP) is 5.19.